The Morgan fingerprint density at radius 3 is 2.64 bits per heavy atom. The Morgan fingerprint density at radius 1 is 1.18 bits per heavy atom. The van der Waals surface area contributed by atoms with E-state index < -0.39 is 0 Å². The second-order valence-corrected chi connectivity index (χ2v) is 5.39. The Hall–Kier alpha value is -2.46. The SMILES string of the molecule is Cc1cc(OCc2ccccc2)c(-c2cc(N)on2)cc1Cl. The van der Waals surface area contributed by atoms with E-state index in [-0.39, 0.29) is 5.88 Å². The average Bonchev–Trinajstić information content (AvgIpc) is 2.95. The van der Waals surface area contributed by atoms with Gasteiger partial charge in [-0.1, -0.05) is 47.1 Å². The summed E-state index contributed by atoms with van der Waals surface area (Å²) in [5.74, 6) is 0.944. The highest BCUT2D eigenvalue weighted by molar-refractivity contribution is 6.31. The summed E-state index contributed by atoms with van der Waals surface area (Å²) in [6, 6.07) is 15.3. The van der Waals surface area contributed by atoms with Gasteiger partial charge in [0.15, 0.2) is 0 Å². The zero-order chi connectivity index (χ0) is 15.5. The summed E-state index contributed by atoms with van der Waals surface area (Å²) in [5, 5.41) is 4.58. The lowest BCUT2D eigenvalue weighted by molar-refractivity contribution is 0.307. The van der Waals surface area contributed by atoms with Gasteiger partial charge in [0.25, 0.3) is 0 Å². The molecular weight excluding hydrogens is 300 g/mol. The molecule has 112 valence electrons. The van der Waals surface area contributed by atoms with Crippen molar-refractivity contribution in [2.75, 3.05) is 5.73 Å². The molecule has 0 aliphatic rings. The maximum atomic E-state index is 6.21. The maximum absolute atomic E-state index is 6.21. The van der Waals surface area contributed by atoms with Gasteiger partial charge in [0.2, 0.25) is 5.88 Å². The third-order valence-corrected chi connectivity index (χ3v) is 3.71. The Kier molecular flexibility index (Phi) is 4.02. The largest absolute Gasteiger partial charge is 0.488 e. The van der Waals surface area contributed by atoms with Crippen LogP contribution in [-0.4, -0.2) is 5.16 Å². The van der Waals surface area contributed by atoms with E-state index in [1.165, 1.54) is 0 Å². The van der Waals surface area contributed by atoms with Crippen molar-refractivity contribution in [3.63, 3.8) is 0 Å². The molecule has 0 spiro atoms. The molecule has 0 aliphatic carbocycles. The van der Waals surface area contributed by atoms with Gasteiger partial charge in [0.05, 0.1) is 0 Å². The Morgan fingerprint density at radius 2 is 1.95 bits per heavy atom. The van der Waals surface area contributed by atoms with Gasteiger partial charge < -0.3 is 15.0 Å². The van der Waals surface area contributed by atoms with Gasteiger partial charge in [-0.05, 0) is 30.2 Å². The van der Waals surface area contributed by atoms with E-state index in [9.17, 15) is 0 Å². The van der Waals surface area contributed by atoms with Gasteiger partial charge in [0, 0.05) is 16.7 Å². The number of nitrogens with zero attached hydrogens (tertiary/aromatic N) is 1. The van der Waals surface area contributed by atoms with Crippen LogP contribution in [0.4, 0.5) is 5.88 Å². The lowest BCUT2D eigenvalue weighted by Gasteiger charge is -2.12. The van der Waals surface area contributed by atoms with Gasteiger partial charge in [-0.15, -0.1) is 0 Å². The first-order valence-electron chi connectivity index (χ1n) is 6.83. The third kappa shape index (κ3) is 3.07. The number of halogens is 1. The van der Waals surface area contributed by atoms with Crippen LogP contribution >= 0.6 is 11.6 Å². The van der Waals surface area contributed by atoms with Crippen LogP contribution in [0.2, 0.25) is 5.02 Å². The smallest absolute Gasteiger partial charge is 0.222 e. The highest BCUT2D eigenvalue weighted by Crippen LogP contribution is 2.35. The van der Waals surface area contributed by atoms with Crippen LogP contribution < -0.4 is 10.5 Å². The summed E-state index contributed by atoms with van der Waals surface area (Å²) < 4.78 is 10.9. The molecule has 0 saturated heterocycles. The van der Waals surface area contributed by atoms with Crippen LogP contribution in [0.15, 0.2) is 53.1 Å². The Bertz CT molecular complexity index is 785. The van der Waals surface area contributed by atoms with Crippen molar-refractivity contribution in [3.05, 3.63) is 64.7 Å². The van der Waals surface area contributed by atoms with Crippen LogP contribution in [0.25, 0.3) is 11.3 Å². The summed E-state index contributed by atoms with van der Waals surface area (Å²) in [7, 11) is 0. The number of aromatic nitrogens is 1. The van der Waals surface area contributed by atoms with Crippen molar-refractivity contribution in [2.45, 2.75) is 13.5 Å². The van der Waals surface area contributed by atoms with Crippen LogP contribution in [0, 0.1) is 6.92 Å². The highest BCUT2D eigenvalue weighted by atomic mass is 35.5. The summed E-state index contributed by atoms with van der Waals surface area (Å²) in [6.07, 6.45) is 0. The number of anilines is 1. The number of aryl methyl sites for hydroxylation is 1. The van der Waals surface area contributed by atoms with E-state index in [2.05, 4.69) is 5.16 Å². The Labute approximate surface area is 133 Å². The molecule has 3 aromatic rings. The van der Waals surface area contributed by atoms with E-state index in [1.807, 2.05) is 49.4 Å². The van der Waals surface area contributed by atoms with Gasteiger partial charge in [-0.2, -0.15) is 0 Å². The molecule has 0 aliphatic heterocycles. The molecule has 2 aromatic carbocycles. The minimum Gasteiger partial charge on any atom is -0.488 e. The van der Waals surface area contributed by atoms with Gasteiger partial charge in [0.1, 0.15) is 18.1 Å². The van der Waals surface area contributed by atoms with E-state index in [1.54, 1.807) is 6.07 Å². The fourth-order valence-electron chi connectivity index (χ4n) is 2.13. The molecule has 0 amide bonds. The van der Waals surface area contributed by atoms with E-state index >= 15 is 0 Å². The van der Waals surface area contributed by atoms with E-state index in [0.717, 1.165) is 16.7 Å². The molecule has 4 nitrogen and oxygen atoms in total. The van der Waals surface area contributed by atoms with Crippen LogP contribution in [0.3, 0.4) is 0 Å². The topological polar surface area (TPSA) is 61.3 Å². The number of nitrogens with two attached hydrogens (primary N) is 1. The maximum Gasteiger partial charge on any atom is 0.222 e. The third-order valence-electron chi connectivity index (χ3n) is 3.30. The van der Waals surface area contributed by atoms with Crippen LogP contribution in [-0.2, 0) is 6.61 Å². The van der Waals surface area contributed by atoms with Crippen molar-refractivity contribution in [1.82, 2.24) is 5.16 Å². The van der Waals surface area contributed by atoms with Crippen LogP contribution in [0.1, 0.15) is 11.1 Å². The number of rotatable bonds is 4. The first-order valence-corrected chi connectivity index (χ1v) is 7.21. The van der Waals surface area contributed by atoms with Crippen molar-refractivity contribution >= 4 is 17.5 Å². The molecule has 2 N–H and O–H groups in total. The molecule has 0 bridgehead atoms. The second-order valence-electron chi connectivity index (χ2n) is 4.99. The Balaban J connectivity index is 1.93. The standard InChI is InChI=1S/C17H15ClN2O2/c1-11-7-16(21-10-12-5-3-2-4-6-12)13(8-14(11)18)15-9-17(19)22-20-15/h2-9H,10,19H2,1H3. The van der Waals surface area contributed by atoms with Crippen molar-refractivity contribution in [3.8, 4) is 17.0 Å². The number of benzene rings is 2. The summed E-state index contributed by atoms with van der Waals surface area (Å²) in [4.78, 5) is 0. The lowest BCUT2D eigenvalue weighted by Crippen LogP contribution is -1.98. The fourth-order valence-corrected chi connectivity index (χ4v) is 2.29. The molecule has 0 unspecified atom stereocenters. The minimum atomic E-state index is 0.251. The first-order chi connectivity index (χ1) is 10.6. The van der Waals surface area contributed by atoms with Crippen molar-refractivity contribution < 1.29 is 9.26 Å². The molecule has 1 aromatic heterocycles. The molecule has 0 radical (unpaired) electrons. The average molecular weight is 315 g/mol. The summed E-state index contributed by atoms with van der Waals surface area (Å²) in [5.41, 5.74) is 8.97. The zero-order valence-electron chi connectivity index (χ0n) is 12.0. The second kappa shape index (κ2) is 6.12. The normalized spacial score (nSPS) is 10.6. The van der Waals surface area contributed by atoms with E-state index in [0.29, 0.717) is 23.1 Å². The number of nitrogen functional groups attached to an aromatic ring is 1. The first kappa shape index (κ1) is 14.5. The minimum absolute atomic E-state index is 0.251. The monoisotopic (exact) mass is 314 g/mol. The molecular formula is C17H15ClN2O2. The summed E-state index contributed by atoms with van der Waals surface area (Å²) in [6.45, 7) is 2.39. The van der Waals surface area contributed by atoms with Crippen molar-refractivity contribution in [2.24, 2.45) is 0 Å². The number of hydrogen-bond acceptors (Lipinski definition) is 4. The van der Waals surface area contributed by atoms with Gasteiger partial charge >= 0.3 is 0 Å². The van der Waals surface area contributed by atoms with E-state index in [4.69, 9.17) is 26.6 Å². The van der Waals surface area contributed by atoms with Crippen LogP contribution in [0.5, 0.6) is 5.75 Å². The highest BCUT2D eigenvalue weighted by Gasteiger charge is 2.14. The molecule has 1 heterocycles. The number of ether oxygens (including phenoxy) is 1. The zero-order valence-corrected chi connectivity index (χ0v) is 12.8. The molecule has 0 atom stereocenters. The van der Waals surface area contributed by atoms with Gasteiger partial charge in [-0.3, -0.25) is 0 Å². The predicted octanol–water partition coefficient (Wildman–Crippen LogP) is 4.46. The van der Waals surface area contributed by atoms with Crippen molar-refractivity contribution in [1.29, 1.82) is 0 Å². The van der Waals surface area contributed by atoms with Gasteiger partial charge in [-0.25, -0.2) is 0 Å². The number of hydrogen-bond donors (Lipinski definition) is 1. The lowest BCUT2D eigenvalue weighted by atomic mass is 10.1. The molecule has 0 saturated carbocycles. The molecule has 22 heavy (non-hydrogen) atoms. The molecule has 5 heteroatoms. The quantitative estimate of drug-likeness (QED) is 0.772. The summed E-state index contributed by atoms with van der Waals surface area (Å²) >= 11 is 6.21. The predicted molar refractivity (Wildman–Crippen MR) is 86.9 cm³/mol. The molecule has 0 fully saturated rings. The molecule has 3 rings (SSSR count). The fraction of sp³-hybridized carbons (Fsp3) is 0.118.